The lowest BCUT2D eigenvalue weighted by atomic mass is 10.2. The van der Waals surface area contributed by atoms with Crippen LogP contribution in [0.5, 0.6) is 0 Å². The van der Waals surface area contributed by atoms with Crippen LogP contribution in [0, 0.1) is 11.3 Å². The molecule has 0 atom stereocenters. The number of carbonyl (C=O) groups is 1. The van der Waals surface area contributed by atoms with E-state index in [9.17, 15) is 4.79 Å². The summed E-state index contributed by atoms with van der Waals surface area (Å²) in [6.07, 6.45) is 0. The Kier molecular flexibility index (Phi) is 3.08. The van der Waals surface area contributed by atoms with Gasteiger partial charge in [-0.1, -0.05) is 0 Å². The van der Waals surface area contributed by atoms with Crippen molar-refractivity contribution in [2.45, 2.75) is 0 Å². The van der Waals surface area contributed by atoms with E-state index in [0.29, 0.717) is 22.5 Å². The molecule has 0 aliphatic carbocycles. The number of hydrogen-bond acceptors (Lipinski definition) is 4. The Labute approximate surface area is 102 Å². The van der Waals surface area contributed by atoms with Crippen LogP contribution in [0.2, 0.25) is 0 Å². The van der Waals surface area contributed by atoms with E-state index in [1.165, 1.54) is 17.4 Å². The Morgan fingerprint density at radius 3 is 2.82 bits per heavy atom. The fraction of sp³-hybridized carbons (Fsp3) is 0. The summed E-state index contributed by atoms with van der Waals surface area (Å²) in [5.41, 5.74) is 7.70. The molecule has 4 nitrogen and oxygen atoms in total. The Morgan fingerprint density at radius 1 is 1.41 bits per heavy atom. The minimum absolute atomic E-state index is 0.206. The molecule has 3 N–H and O–H groups in total. The van der Waals surface area contributed by atoms with Crippen LogP contribution in [-0.4, -0.2) is 5.91 Å². The third kappa shape index (κ3) is 2.44. The molecule has 0 aliphatic heterocycles. The van der Waals surface area contributed by atoms with Gasteiger partial charge in [0.1, 0.15) is 0 Å². The predicted octanol–water partition coefficient (Wildman–Crippen LogP) is 2.45. The molecule has 1 heterocycles. The predicted molar refractivity (Wildman–Crippen MR) is 67.8 cm³/mol. The molecule has 0 saturated carbocycles. The Morgan fingerprint density at radius 2 is 2.24 bits per heavy atom. The van der Waals surface area contributed by atoms with Crippen molar-refractivity contribution < 1.29 is 4.79 Å². The van der Waals surface area contributed by atoms with Crippen LogP contribution in [-0.2, 0) is 0 Å². The number of nitrogens with zero attached hydrogens (tertiary/aromatic N) is 1. The molecule has 0 saturated heterocycles. The lowest BCUT2D eigenvalue weighted by Crippen LogP contribution is -2.12. The van der Waals surface area contributed by atoms with E-state index in [1.54, 1.807) is 23.6 Å². The van der Waals surface area contributed by atoms with Crippen LogP contribution in [0.1, 0.15) is 15.9 Å². The maximum atomic E-state index is 11.8. The molecule has 0 fully saturated rings. The van der Waals surface area contributed by atoms with Crippen molar-refractivity contribution in [2.75, 3.05) is 11.1 Å². The number of benzene rings is 1. The number of amides is 1. The topological polar surface area (TPSA) is 78.9 Å². The van der Waals surface area contributed by atoms with E-state index in [-0.39, 0.29) is 5.91 Å². The highest BCUT2D eigenvalue weighted by molar-refractivity contribution is 7.08. The van der Waals surface area contributed by atoms with Crippen molar-refractivity contribution in [1.82, 2.24) is 0 Å². The molecule has 2 aromatic rings. The van der Waals surface area contributed by atoms with E-state index >= 15 is 0 Å². The third-order valence-corrected chi connectivity index (χ3v) is 2.90. The summed E-state index contributed by atoms with van der Waals surface area (Å²) in [7, 11) is 0. The van der Waals surface area contributed by atoms with Gasteiger partial charge in [0.05, 0.1) is 28.6 Å². The summed E-state index contributed by atoms with van der Waals surface area (Å²) in [5, 5.41) is 15.0. The standard InChI is InChI=1S/C12H9N3OS/c13-6-8-1-2-11(10(14)5-8)15-12(16)9-3-4-17-7-9/h1-5,7H,14H2,(H,15,16). The van der Waals surface area contributed by atoms with Gasteiger partial charge in [-0.3, -0.25) is 4.79 Å². The molecule has 1 aromatic carbocycles. The number of carbonyl (C=O) groups excluding carboxylic acids is 1. The van der Waals surface area contributed by atoms with Crippen molar-refractivity contribution in [3.05, 3.63) is 46.2 Å². The number of nitriles is 1. The maximum Gasteiger partial charge on any atom is 0.256 e. The van der Waals surface area contributed by atoms with Gasteiger partial charge in [0.15, 0.2) is 0 Å². The number of thiophene rings is 1. The van der Waals surface area contributed by atoms with E-state index in [0.717, 1.165) is 0 Å². The second-order valence-corrected chi connectivity index (χ2v) is 4.16. The smallest absolute Gasteiger partial charge is 0.256 e. The first-order valence-corrected chi connectivity index (χ1v) is 5.78. The largest absolute Gasteiger partial charge is 0.397 e. The summed E-state index contributed by atoms with van der Waals surface area (Å²) in [4.78, 5) is 11.8. The van der Waals surface area contributed by atoms with Crippen molar-refractivity contribution in [3.63, 3.8) is 0 Å². The fourth-order valence-electron chi connectivity index (χ4n) is 1.33. The van der Waals surface area contributed by atoms with Gasteiger partial charge < -0.3 is 11.1 Å². The lowest BCUT2D eigenvalue weighted by Gasteiger charge is -2.07. The van der Waals surface area contributed by atoms with Gasteiger partial charge in [0.25, 0.3) is 5.91 Å². The summed E-state index contributed by atoms with van der Waals surface area (Å²) in [6, 6.07) is 8.49. The number of nitrogen functional groups attached to an aromatic ring is 1. The first-order valence-electron chi connectivity index (χ1n) is 4.84. The van der Waals surface area contributed by atoms with Crippen LogP contribution in [0.15, 0.2) is 35.0 Å². The Bertz CT molecular complexity index is 584. The second kappa shape index (κ2) is 4.68. The molecule has 0 bridgehead atoms. The molecule has 84 valence electrons. The molecule has 0 aliphatic rings. The monoisotopic (exact) mass is 243 g/mol. The molecule has 5 heteroatoms. The molecule has 1 amide bonds. The minimum atomic E-state index is -0.206. The van der Waals surface area contributed by atoms with E-state index in [4.69, 9.17) is 11.0 Å². The van der Waals surface area contributed by atoms with Gasteiger partial charge >= 0.3 is 0 Å². The van der Waals surface area contributed by atoms with Crippen molar-refractivity contribution in [3.8, 4) is 6.07 Å². The minimum Gasteiger partial charge on any atom is -0.397 e. The molecule has 17 heavy (non-hydrogen) atoms. The van der Waals surface area contributed by atoms with E-state index in [2.05, 4.69) is 5.32 Å². The van der Waals surface area contributed by atoms with Crippen LogP contribution in [0.25, 0.3) is 0 Å². The number of anilines is 2. The average Bonchev–Trinajstić information content (AvgIpc) is 2.85. The molecular formula is C12H9N3OS. The average molecular weight is 243 g/mol. The Balaban J connectivity index is 2.20. The number of nitrogens with two attached hydrogens (primary N) is 1. The third-order valence-electron chi connectivity index (χ3n) is 2.21. The zero-order chi connectivity index (χ0) is 12.3. The SMILES string of the molecule is N#Cc1ccc(NC(=O)c2ccsc2)c(N)c1. The maximum absolute atomic E-state index is 11.8. The molecule has 2 rings (SSSR count). The quantitative estimate of drug-likeness (QED) is 0.795. The van der Waals surface area contributed by atoms with Gasteiger partial charge in [0.2, 0.25) is 0 Å². The second-order valence-electron chi connectivity index (χ2n) is 3.38. The van der Waals surface area contributed by atoms with Crippen molar-refractivity contribution >= 4 is 28.6 Å². The summed E-state index contributed by atoms with van der Waals surface area (Å²) in [5.74, 6) is -0.206. The van der Waals surface area contributed by atoms with Gasteiger partial charge in [0, 0.05) is 5.38 Å². The van der Waals surface area contributed by atoms with Gasteiger partial charge in [-0.2, -0.15) is 16.6 Å². The zero-order valence-corrected chi connectivity index (χ0v) is 9.62. The number of nitrogens with one attached hydrogen (secondary N) is 1. The van der Waals surface area contributed by atoms with Crippen LogP contribution in [0.3, 0.4) is 0 Å². The van der Waals surface area contributed by atoms with Gasteiger partial charge in [-0.25, -0.2) is 0 Å². The first-order chi connectivity index (χ1) is 8.20. The normalized spacial score (nSPS) is 9.59. The fourth-order valence-corrected chi connectivity index (χ4v) is 1.97. The first kappa shape index (κ1) is 11.2. The van der Waals surface area contributed by atoms with Crippen LogP contribution < -0.4 is 11.1 Å². The van der Waals surface area contributed by atoms with Crippen LogP contribution in [0.4, 0.5) is 11.4 Å². The van der Waals surface area contributed by atoms with Gasteiger partial charge in [-0.15, -0.1) is 0 Å². The summed E-state index contributed by atoms with van der Waals surface area (Å²) in [6.45, 7) is 0. The number of hydrogen-bond donors (Lipinski definition) is 2. The van der Waals surface area contributed by atoms with Crippen molar-refractivity contribution in [1.29, 1.82) is 5.26 Å². The molecule has 0 radical (unpaired) electrons. The zero-order valence-electron chi connectivity index (χ0n) is 8.81. The van der Waals surface area contributed by atoms with E-state index < -0.39 is 0 Å². The number of rotatable bonds is 2. The molecule has 0 spiro atoms. The van der Waals surface area contributed by atoms with Crippen molar-refractivity contribution in [2.24, 2.45) is 0 Å². The summed E-state index contributed by atoms with van der Waals surface area (Å²) < 4.78 is 0. The molecular weight excluding hydrogens is 234 g/mol. The van der Waals surface area contributed by atoms with Gasteiger partial charge in [-0.05, 0) is 29.6 Å². The lowest BCUT2D eigenvalue weighted by molar-refractivity contribution is 0.102. The molecule has 0 unspecified atom stereocenters. The van der Waals surface area contributed by atoms with Crippen LogP contribution >= 0.6 is 11.3 Å². The molecule has 1 aromatic heterocycles. The highest BCUT2D eigenvalue weighted by atomic mass is 32.1. The highest BCUT2D eigenvalue weighted by Gasteiger charge is 2.08. The van der Waals surface area contributed by atoms with E-state index in [1.807, 2.05) is 11.4 Å². The Hall–Kier alpha value is -2.32. The highest BCUT2D eigenvalue weighted by Crippen LogP contribution is 2.20. The summed E-state index contributed by atoms with van der Waals surface area (Å²) >= 11 is 1.45.